The summed E-state index contributed by atoms with van der Waals surface area (Å²) in [5.41, 5.74) is 22.2. The molecule has 0 saturated heterocycles. The molecule has 2 aromatic rings. The van der Waals surface area contributed by atoms with Crippen molar-refractivity contribution in [3.05, 3.63) is 63.7 Å². The van der Waals surface area contributed by atoms with Gasteiger partial charge in [-0.2, -0.15) is 0 Å². The number of aromatic hydroxyl groups is 1. The number of carboxylic acids is 1. The molecule has 0 bridgehead atoms. The first-order valence-electron chi connectivity index (χ1n) is 20.5. The third kappa shape index (κ3) is 20.7. The fourth-order valence-corrected chi connectivity index (χ4v) is 6.04. The van der Waals surface area contributed by atoms with E-state index in [1.807, 2.05) is 13.8 Å². The molecule has 25 nitrogen and oxygen atoms in total. The lowest BCUT2D eigenvalue weighted by Crippen LogP contribution is -2.57. The summed E-state index contributed by atoms with van der Waals surface area (Å²) < 4.78 is 0. The van der Waals surface area contributed by atoms with Gasteiger partial charge in [-0.3, -0.25) is 48.7 Å². The number of phenols is 1. The van der Waals surface area contributed by atoms with E-state index in [4.69, 9.17) is 22.9 Å². The molecule has 17 N–H and O–H groups in total. The number of phenolic OH excluding ortho intramolecular Hbond substituents is 1. The maximum absolute atomic E-state index is 13.8. The Bertz CT molecular complexity index is 2050. The molecule has 364 valence electrons. The van der Waals surface area contributed by atoms with Crippen LogP contribution in [0.2, 0.25) is 0 Å². The van der Waals surface area contributed by atoms with Gasteiger partial charge in [0.25, 0.3) is 5.91 Å². The first-order valence-corrected chi connectivity index (χ1v) is 20.5. The number of aliphatic carboxylic acids is 1. The minimum atomic E-state index is -1.57. The Balaban J connectivity index is 0.0000218. The number of nitro groups is 1. The maximum atomic E-state index is 13.8. The number of nitrogens with zero attached hydrogens (tertiary/aromatic N) is 2. The van der Waals surface area contributed by atoms with Crippen LogP contribution in [0.15, 0.2) is 47.5 Å². The number of guanidine groups is 1. The van der Waals surface area contributed by atoms with Crippen molar-refractivity contribution in [3.63, 3.8) is 0 Å². The number of unbranched alkanes of at least 4 members (excludes halogenated alkanes) is 1. The van der Waals surface area contributed by atoms with Gasteiger partial charge in [-0.05, 0) is 74.8 Å². The second kappa shape index (κ2) is 29.0. The van der Waals surface area contributed by atoms with E-state index in [2.05, 4.69) is 42.2 Å². The van der Waals surface area contributed by atoms with Crippen molar-refractivity contribution in [2.24, 2.45) is 28.1 Å². The van der Waals surface area contributed by atoms with Crippen molar-refractivity contribution in [1.82, 2.24) is 37.2 Å². The molecule has 2 rings (SSSR count). The highest BCUT2D eigenvalue weighted by Gasteiger charge is 2.30. The highest BCUT2D eigenvalue weighted by Crippen LogP contribution is 2.26. The zero-order valence-corrected chi connectivity index (χ0v) is 36.1. The van der Waals surface area contributed by atoms with Gasteiger partial charge >= 0.3 is 11.7 Å². The van der Waals surface area contributed by atoms with Crippen LogP contribution in [0.4, 0.5) is 11.4 Å². The van der Waals surface area contributed by atoms with Gasteiger partial charge in [-0.1, -0.05) is 39.5 Å². The number of aliphatic imine (C=N–C) groups is 1. The van der Waals surface area contributed by atoms with E-state index in [-0.39, 0.29) is 74.9 Å². The Kier molecular flexibility index (Phi) is 24.8. The predicted molar refractivity (Wildman–Crippen MR) is 242 cm³/mol. The van der Waals surface area contributed by atoms with Gasteiger partial charge < -0.3 is 70.4 Å². The molecule has 4 atom stereocenters. The number of carbonyl (C=O) groups excluding carboxylic acids is 7. The van der Waals surface area contributed by atoms with E-state index in [9.17, 15) is 58.7 Å². The fraction of sp³-hybridized carbons (Fsp3) is 0.488. The maximum Gasteiger partial charge on any atom is 0.326 e. The topological polar surface area (TPSA) is 421 Å². The monoisotopic (exact) mass is 929 g/mol. The molecule has 25 heteroatoms. The number of carbonyl (C=O) groups is 8. The molecule has 0 aliphatic carbocycles. The third-order valence-corrected chi connectivity index (χ3v) is 9.31. The van der Waals surface area contributed by atoms with Crippen molar-refractivity contribution < 1.29 is 53.5 Å². The largest absolute Gasteiger partial charge is 0.502 e. The van der Waals surface area contributed by atoms with Crippen LogP contribution in [0, 0.1) is 16.0 Å². The van der Waals surface area contributed by atoms with Gasteiger partial charge in [0.05, 0.1) is 30.1 Å². The zero-order valence-electron chi connectivity index (χ0n) is 36.1. The van der Waals surface area contributed by atoms with Crippen LogP contribution in [-0.2, 0) is 40.0 Å². The smallest absolute Gasteiger partial charge is 0.326 e. The number of benzene rings is 2. The molecular formula is C41H63N13O12. The first kappa shape index (κ1) is 56.4. The number of nitrogens with one attached hydrogen (secondary N) is 7. The second-order valence-electron chi connectivity index (χ2n) is 15.1. The van der Waals surface area contributed by atoms with E-state index in [1.165, 1.54) is 18.2 Å². The van der Waals surface area contributed by atoms with Crippen LogP contribution in [0.1, 0.15) is 75.7 Å². The SMILES string of the molecule is C.CC(C)CC(NC(=O)CNC(=O)c1ccccc1N)C(=O)NC(CCCCN)C(=O)NC(CCCN=C(N)N)C(=O)NCC(=O)NCC(=O)NC(Cc1ccc(O)c([N+](=O)[O-])c1)C(=O)O. The number of nitro benzene ring substituents is 1. The lowest BCUT2D eigenvalue weighted by atomic mass is 10.0. The third-order valence-electron chi connectivity index (χ3n) is 9.31. The normalized spacial score (nSPS) is 12.4. The van der Waals surface area contributed by atoms with E-state index >= 15 is 0 Å². The van der Waals surface area contributed by atoms with Crippen LogP contribution in [-0.4, -0.2) is 125 Å². The number of rotatable bonds is 28. The summed E-state index contributed by atoms with van der Waals surface area (Å²) in [6.45, 7) is 2.05. The van der Waals surface area contributed by atoms with Gasteiger partial charge in [0, 0.05) is 24.7 Å². The first-order chi connectivity index (χ1) is 30.7. The van der Waals surface area contributed by atoms with Crippen LogP contribution >= 0.6 is 0 Å². The van der Waals surface area contributed by atoms with E-state index in [0.717, 1.165) is 12.1 Å². The highest BCUT2D eigenvalue weighted by atomic mass is 16.6. The lowest BCUT2D eigenvalue weighted by molar-refractivity contribution is -0.385. The molecule has 7 amide bonds. The number of hydrogen-bond acceptors (Lipinski definition) is 14. The van der Waals surface area contributed by atoms with Gasteiger partial charge in [-0.15, -0.1) is 0 Å². The van der Waals surface area contributed by atoms with Crippen LogP contribution < -0.4 is 60.2 Å². The van der Waals surface area contributed by atoms with Crippen molar-refractivity contribution in [2.45, 2.75) is 90.4 Å². The Morgan fingerprint density at radius 1 is 0.742 bits per heavy atom. The Labute approximate surface area is 381 Å². The predicted octanol–water partition coefficient (Wildman–Crippen LogP) is -2.02. The average Bonchev–Trinajstić information content (AvgIpc) is 3.24. The number of amides is 7. The molecule has 0 aliphatic rings. The summed E-state index contributed by atoms with van der Waals surface area (Å²) in [6, 6.07) is 4.23. The lowest BCUT2D eigenvalue weighted by Gasteiger charge is -2.26. The molecule has 0 radical (unpaired) electrons. The minimum Gasteiger partial charge on any atom is -0.502 e. The molecule has 0 spiro atoms. The average molecular weight is 930 g/mol. The molecule has 0 heterocycles. The summed E-state index contributed by atoms with van der Waals surface area (Å²) in [4.78, 5) is 118. The molecule has 66 heavy (non-hydrogen) atoms. The Morgan fingerprint density at radius 3 is 1.91 bits per heavy atom. The number of para-hydroxylation sites is 1. The van der Waals surface area contributed by atoms with Crippen molar-refractivity contribution in [1.29, 1.82) is 0 Å². The minimum absolute atomic E-state index is 0. The van der Waals surface area contributed by atoms with Crippen LogP contribution in [0.25, 0.3) is 0 Å². The summed E-state index contributed by atoms with van der Waals surface area (Å²) in [6.07, 6.45) is 0.818. The number of hydrogen-bond donors (Lipinski definition) is 13. The van der Waals surface area contributed by atoms with E-state index in [0.29, 0.717) is 12.8 Å². The van der Waals surface area contributed by atoms with Gasteiger partial charge in [0.2, 0.25) is 35.4 Å². The standard InChI is InChI=1S/C40H59N13O12.CH4/c1-22(2)16-28(49-34(57)21-47-35(58)24-8-3-4-9-25(24)42)38(61)52-27(10-5-6-14-41)37(60)51-26(11-7-15-45-40(43)44)36(59)48-19-32(55)46-20-33(56)50-29(39(62)63)17-23-12-13-31(54)30(18-23)53(64)65;/h3-4,8-9,12-13,18,22,26-29,54H,5-7,10-11,14-17,19-21,41-42H2,1-2H3,(H,46,55)(H,47,58)(H,48,59)(H,49,57)(H,50,56)(H,51,60)(H,52,61)(H,62,63)(H4,43,44,45);1H4. The number of carboxylic acid groups (broad SMARTS) is 1. The van der Waals surface area contributed by atoms with Crippen molar-refractivity contribution in [2.75, 3.05) is 38.5 Å². The number of nitrogen functional groups attached to an aromatic ring is 1. The van der Waals surface area contributed by atoms with Crippen molar-refractivity contribution in [3.8, 4) is 5.75 Å². The van der Waals surface area contributed by atoms with Gasteiger partial charge in [0.15, 0.2) is 11.7 Å². The number of nitrogens with two attached hydrogens (primary N) is 4. The Morgan fingerprint density at radius 2 is 1.32 bits per heavy atom. The van der Waals surface area contributed by atoms with Crippen LogP contribution in [0.3, 0.4) is 0 Å². The Hall–Kier alpha value is -7.57. The molecule has 2 aromatic carbocycles. The summed E-state index contributed by atoms with van der Waals surface area (Å²) in [5.74, 6) is -7.91. The fourth-order valence-electron chi connectivity index (χ4n) is 6.04. The molecule has 0 aliphatic heterocycles. The highest BCUT2D eigenvalue weighted by molar-refractivity contribution is 6.01. The van der Waals surface area contributed by atoms with E-state index < -0.39 is 114 Å². The van der Waals surface area contributed by atoms with Crippen LogP contribution in [0.5, 0.6) is 5.75 Å². The summed E-state index contributed by atoms with van der Waals surface area (Å²) in [5, 5.41) is 47.5. The van der Waals surface area contributed by atoms with Gasteiger partial charge in [-0.25, -0.2) is 4.79 Å². The molecular weight excluding hydrogens is 867 g/mol. The molecule has 0 saturated carbocycles. The molecule has 4 unspecified atom stereocenters. The number of anilines is 1. The summed E-state index contributed by atoms with van der Waals surface area (Å²) >= 11 is 0. The summed E-state index contributed by atoms with van der Waals surface area (Å²) in [7, 11) is 0. The quantitative estimate of drug-likeness (QED) is 0.0109. The molecule has 0 fully saturated rings. The second-order valence-corrected chi connectivity index (χ2v) is 15.1. The van der Waals surface area contributed by atoms with Gasteiger partial charge in [0.1, 0.15) is 24.2 Å². The van der Waals surface area contributed by atoms with Crippen molar-refractivity contribution >= 4 is 64.7 Å². The molecule has 0 aromatic heterocycles. The zero-order chi connectivity index (χ0) is 48.6. The van der Waals surface area contributed by atoms with E-state index in [1.54, 1.807) is 12.1 Å².